The molecule has 0 saturated carbocycles. The first-order valence-electron chi connectivity index (χ1n) is 4.72. The van der Waals surface area contributed by atoms with E-state index in [4.69, 9.17) is 16.3 Å². The summed E-state index contributed by atoms with van der Waals surface area (Å²) in [6.45, 7) is 0. The smallest absolute Gasteiger partial charge is 0.182 e. The maximum Gasteiger partial charge on any atom is 0.182 e. The zero-order chi connectivity index (χ0) is 11.5. The fourth-order valence-electron chi connectivity index (χ4n) is 1.39. The van der Waals surface area contributed by atoms with E-state index in [2.05, 4.69) is 10.3 Å². The third-order valence-electron chi connectivity index (χ3n) is 2.16. The summed E-state index contributed by atoms with van der Waals surface area (Å²) in [4.78, 5) is 4.42. The second-order valence-corrected chi connectivity index (χ2v) is 4.43. The molecule has 0 radical (unpaired) electrons. The minimum absolute atomic E-state index is 0.676. The molecule has 2 aromatic rings. The maximum absolute atomic E-state index is 5.97. The van der Waals surface area contributed by atoms with Gasteiger partial charge in [-0.05, 0) is 18.2 Å². The van der Waals surface area contributed by atoms with Crippen molar-refractivity contribution in [2.24, 2.45) is 0 Å². The summed E-state index contributed by atoms with van der Waals surface area (Å²) in [5.74, 6) is 0.775. The van der Waals surface area contributed by atoms with Crippen LogP contribution in [0, 0.1) is 0 Å². The zero-order valence-corrected chi connectivity index (χ0v) is 10.5. The largest absolute Gasteiger partial charge is 0.496 e. The Morgan fingerprint density at radius 1 is 1.44 bits per heavy atom. The summed E-state index contributed by atoms with van der Waals surface area (Å²) >= 11 is 7.52. The molecule has 0 unspecified atom stereocenters. The topological polar surface area (TPSA) is 34.2 Å². The van der Waals surface area contributed by atoms with Gasteiger partial charge in [0.15, 0.2) is 5.13 Å². The predicted octanol–water partition coefficient (Wildman–Crippen LogP) is 3.51. The summed E-state index contributed by atoms with van der Waals surface area (Å²) < 4.78 is 5.28. The number of hydrogen-bond acceptors (Lipinski definition) is 4. The van der Waals surface area contributed by atoms with Gasteiger partial charge in [0.2, 0.25) is 0 Å². The van der Waals surface area contributed by atoms with Crippen LogP contribution in [0.15, 0.2) is 23.6 Å². The number of methoxy groups -OCH3 is 1. The molecule has 0 aliphatic carbocycles. The summed E-state index contributed by atoms with van der Waals surface area (Å²) in [7, 11) is 3.48. The Morgan fingerprint density at radius 3 is 2.88 bits per heavy atom. The minimum atomic E-state index is 0.676. The Balaban J connectivity index is 2.49. The number of nitrogens with one attached hydrogen (secondary N) is 1. The van der Waals surface area contributed by atoms with E-state index in [1.54, 1.807) is 24.5 Å². The van der Waals surface area contributed by atoms with E-state index in [0.29, 0.717) is 5.02 Å². The monoisotopic (exact) mass is 254 g/mol. The number of aromatic nitrogens is 1. The summed E-state index contributed by atoms with van der Waals surface area (Å²) in [5.41, 5.74) is 1.78. The lowest BCUT2D eigenvalue weighted by molar-refractivity contribution is 0.416. The highest BCUT2D eigenvalue weighted by Crippen LogP contribution is 2.33. The average molecular weight is 255 g/mol. The number of benzene rings is 1. The Kier molecular flexibility index (Phi) is 3.31. The van der Waals surface area contributed by atoms with Gasteiger partial charge in [-0.25, -0.2) is 4.98 Å². The lowest BCUT2D eigenvalue weighted by Gasteiger charge is -2.06. The molecule has 5 heteroatoms. The molecule has 1 aromatic carbocycles. The highest BCUT2D eigenvalue weighted by molar-refractivity contribution is 7.14. The fourth-order valence-corrected chi connectivity index (χ4v) is 2.24. The Morgan fingerprint density at radius 2 is 2.25 bits per heavy atom. The van der Waals surface area contributed by atoms with Gasteiger partial charge >= 0.3 is 0 Å². The minimum Gasteiger partial charge on any atom is -0.496 e. The molecule has 1 heterocycles. The molecule has 1 aromatic heterocycles. The van der Waals surface area contributed by atoms with Gasteiger partial charge in [-0.15, -0.1) is 11.3 Å². The van der Waals surface area contributed by atoms with Crippen molar-refractivity contribution in [2.75, 3.05) is 19.5 Å². The van der Waals surface area contributed by atoms with E-state index >= 15 is 0 Å². The highest BCUT2D eigenvalue weighted by atomic mass is 35.5. The number of rotatable bonds is 3. The molecular formula is C11H11ClN2OS. The van der Waals surface area contributed by atoms with Crippen LogP contribution in [0.5, 0.6) is 5.75 Å². The molecule has 0 fully saturated rings. The maximum atomic E-state index is 5.97. The first-order chi connectivity index (χ1) is 7.74. The van der Waals surface area contributed by atoms with Crippen molar-refractivity contribution in [2.45, 2.75) is 0 Å². The summed E-state index contributed by atoms with van der Waals surface area (Å²) in [6.07, 6.45) is 0. The third-order valence-corrected chi connectivity index (χ3v) is 3.25. The first-order valence-corrected chi connectivity index (χ1v) is 5.97. The van der Waals surface area contributed by atoms with Gasteiger partial charge in [0.25, 0.3) is 0 Å². The molecule has 0 amide bonds. The molecule has 84 valence electrons. The van der Waals surface area contributed by atoms with Crippen LogP contribution in [-0.2, 0) is 0 Å². The van der Waals surface area contributed by atoms with Gasteiger partial charge in [0, 0.05) is 23.0 Å². The van der Waals surface area contributed by atoms with Crippen molar-refractivity contribution in [3.05, 3.63) is 28.6 Å². The van der Waals surface area contributed by atoms with Crippen molar-refractivity contribution in [3.8, 4) is 17.0 Å². The molecular weight excluding hydrogens is 244 g/mol. The highest BCUT2D eigenvalue weighted by Gasteiger charge is 2.10. The van der Waals surface area contributed by atoms with Gasteiger partial charge in [0.05, 0.1) is 12.8 Å². The second-order valence-electron chi connectivity index (χ2n) is 3.13. The molecule has 0 spiro atoms. The van der Waals surface area contributed by atoms with Gasteiger partial charge < -0.3 is 10.1 Å². The summed E-state index contributed by atoms with van der Waals surface area (Å²) in [6, 6.07) is 5.50. The first kappa shape index (κ1) is 11.2. The molecule has 2 rings (SSSR count). The predicted molar refractivity (Wildman–Crippen MR) is 68.7 cm³/mol. The van der Waals surface area contributed by atoms with Crippen LogP contribution in [-0.4, -0.2) is 19.1 Å². The molecule has 1 N–H and O–H groups in total. The van der Waals surface area contributed by atoms with Crippen LogP contribution in [0.1, 0.15) is 0 Å². The number of thiazole rings is 1. The van der Waals surface area contributed by atoms with Gasteiger partial charge in [-0.2, -0.15) is 0 Å². The van der Waals surface area contributed by atoms with Crippen molar-refractivity contribution < 1.29 is 4.74 Å². The number of ether oxygens (including phenoxy) is 1. The van der Waals surface area contributed by atoms with E-state index in [1.165, 1.54) is 0 Å². The molecule has 3 nitrogen and oxygen atoms in total. The molecule has 0 saturated heterocycles. The lowest BCUT2D eigenvalue weighted by Crippen LogP contribution is -1.89. The van der Waals surface area contributed by atoms with E-state index in [-0.39, 0.29) is 0 Å². The van der Waals surface area contributed by atoms with Crippen LogP contribution in [0.3, 0.4) is 0 Å². The molecule has 16 heavy (non-hydrogen) atoms. The normalized spacial score (nSPS) is 10.2. The van der Waals surface area contributed by atoms with Crippen LogP contribution in [0.2, 0.25) is 5.02 Å². The standard InChI is InChI=1S/C11H11ClN2OS/c1-13-11-14-9(6-16-11)8-5-7(12)3-4-10(8)15-2/h3-6H,1-2H3,(H,13,14). The number of halogens is 1. The lowest BCUT2D eigenvalue weighted by atomic mass is 10.1. The number of anilines is 1. The molecule has 0 aliphatic rings. The molecule has 0 aliphatic heterocycles. The zero-order valence-electron chi connectivity index (χ0n) is 8.95. The van der Waals surface area contributed by atoms with Gasteiger partial charge in [-0.3, -0.25) is 0 Å². The van der Waals surface area contributed by atoms with Crippen molar-refractivity contribution in [1.29, 1.82) is 0 Å². The number of hydrogen-bond donors (Lipinski definition) is 1. The Bertz CT molecular complexity index is 498. The average Bonchev–Trinajstić information content (AvgIpc) is 2.77. The quantitative estimate of drug-likeness (QED) is 0.910. The van der Waals surface area contributed by atoms with Gasteiger partial charge in [-0.1, -0.05) is 11.6 Å². The van der Waals surface area contributed by atoms with Crippen LogP contribution in [0.25, 0.3) is 11.3 Å². The van der Waals surface area contributed by atoms with Crippen LogP contribution < -0.4 is 10.1 Å². The third kappa shape index (κ3) is 2.13. The van der Waals surface area contributed by atoms with E-state index in [1.807, 2.05) is 24.6 Å². The SMILES string of the molecule is CNc1nc(-c2cc(Cl)ccc2OC)cs1. The van der Waals surface area contributed by atoms with E-state index in [9.17, 15) is 0 Å². The van der Waals surface area contributed by atoms with Gasteiger partial charge in [0.1, 0.15) is 5.75 Å². The van der Waals surface area contributed by atoms with Crippen molar-refractivity contribution >= 4 is 28.1 Å². The summed E-state index contributed by atoms with van der Waals surface area (Å²) in [5, 5.41) is 6.52. The van der Waals surface area contributed by atoms with Crippen molar-refractivity contribution in [1.82, 2.24) is 4.98 Å². The second kappa shape index (κ2) is 4.72. The fraction of sp³-hybridized carbons (Fsp3) is 0.182. The molecule has 0 bridgehead atoms. The Labute approximate surface area is 103 Å². The van der Waals surface area contributed by atoms with Crippen LogP contribution >= 0.6 is 22.9 Å². The van der Waals surface area contributed by atoms with Crippen molar-refractivity contribution in [3.63, 3.8) is 0 Å². The Hall–Kier alpha value is -1.26. The molecule has 0 atom stereocenters. The van der Waals surface area contributed by atoms with Crippen LogP contribution in [0.4, 0.5) is 5.13 Å². The van der Waals surface area contributed by atoms with E-state index in [0.717, 1.165) is 22.1 Å². The number of nitrogens with zero attached hydrogens (tertiary/aromatic N) is 1. The van der Waals surface area contributed by atoms with E-state index < -0.39 is 0 Å².